The van der Waals surface area contributed by atoms with Gasteiger partial charge in [-0.1, -0.05) is 44.2 Å². The van der Waals surface area contributed by atoms with Crippen molar-refractivity contribution in [3.8, 4) is 0 Å². The van der Waals surface area contributed by atoms with Gasteiger partial charge in [-0.15, -0.1) is 0 Å². The lowest BCUT2D eigenvalue weighted by atomic mass is 9.90. The number of ether oxygens (including phenoxy) is 2. The average molecular weight is 943 g/mol. The fourth-order valence-electron chi connectivity index (χ4n) is 6.24. The number of hydrogen-bond acceptors (Lipinski definition) is 15. The SMILES string of the molecule is CC(C)C[C@H](NC(=O)CN(Cc1ccccc1)C(=O)CCOCCOCCNC(=O)[C@@H](N)CS)C(=O)C[C@@H](Cc1ncc[nH]1)C(=O)N[C@@H](CO)C(=O)C[C@H](C(N)=O)[C@@H](C)OP(=O)(O)O. The van der Waals surface area contributed by atoms with Crippen LogP contribution in [0.15, 0.2) is 42.7 Å². The number of phosphoric ester groups is 1. The first-order chi connectivity index (χ1) is 30.2. The number of benzene rings is 1. The number of nitrogens with two attached hydrogens (primary N) is 2. The van der Waals surface area contributed by atoms with Gasteiger partial charge in [-0.25, -0.2) is 9.55 Å². The number of aromatic amines is 1. The number of aromatic nitrogens is 2. The number of nitrogens with one attached hydrogen (secondary N) is 4. The fraction of sp³-hybridized carbons (Fsp3) is 0.600. The largest absolute Gasteiger partial charge is 0.469 e. The van der Waals surface area contributed by atoms with Gasteiger partial charge in [0, 0.05) is 50.5 Å². The normalized spacial score (nSPS) is 14.4. The first-order valence-electron chi connectivity index (χ1n) is 20.6. The van der Waals surface area contributed by atoms with Crippen LogP contribution >= 0.6 is 20.5 Å². The molecule has 2 aromatic rings. The van der Waals surface area contributed by atoms with Crippen molar-refractivity contribution in [1.82, 2.24) is 30.8 Å². The van der Waals surface area contributed by atoms with E-state index in [1.807, 2.05) is 13.8 Å². The molecule has 0 aliphatic carbocycles. The standard InChI is InChI=1S/C40H63N8O14PS/c1-25(2)17-31(46-36(52)22-48(21-27-7-5-4-6-8-27)37(53)9-13-60-15-16-61-14-12-45-40(56)30(41)24-64)33(50)18-28(19-35-43-10-11-44-35)39(55)47-32(23-49)34(51)20-29(38(42)54)26(3)62-63(57,58)59/h4-8,10-11,25-26,28-32,49,64H,9,12-24,41H2,1-3H3,(H2,42,54)(H,43,44)(H,45,56)(H,46,52)(H,47,55)(H2,57,58,59)/t26-,28+,29+,30+,31+,32+/m1/s1. The topological polar surface area (TPSA) is 345 Å². The molecule has 5 amide bonds. The molecular formula is C40H63N8O14PS. The van der Waals surface area contributed by atoms with Crippen LogP contribution in [0.4, 0.5) is 0 Å². The summed E-state index contributed by atoms with van der Waals surface area (Å²) < 4.78 is 26.9. The van der Waals surface area contributed by atoms with Gasteiger partial charge in [0.25, 0.3) is 0 Å². The van der Waals surface area contributed by atoms with E-state index in [-0.39, 0.29) is 76.4 Å². The number of nitrogens with zero attached hydrogens (tertiary/aromatic N) is 2. The monoisotopic (exact) mass is 942 g/mol. The quantitative estimate of drug-likeness (QED) is 0.0231. The third kappa shape index (κ3) is 21.9. The molecule has 24 heteroatoms. The van der Waals surface area contributed by atoms with Crippen molar-refractivity contribution < 1.29 is 67.0 Å². The Morgan fingerprint density at radius 1 is 0.922 bits per heavy atom. The Morgan fingerprint density at radius 2 is 1.58 bits per heavy atom. The van der Waals surface area contributed by atoms with Gasteiger partial charge in [0.2, 0.25) is 29.5 Å². The highest BCUT2D eigenvalue weighted by molar-refractivity contribution is 7.80. The van der Waals surface area contributed by atoms with Crippen LogP contribution in [0.25, 0.3) is 0 Å². The summed E-state index contributed by atoms with van der Waals surface area (Å²) in [6.07, 6.45) is 0.166. The molecular weight excluding hydrogens is 880 g/mol. The van der Waals surface area contributed by atoms with E-state index in [1.54, 1.807) is 30.3 Å². The van der Waals surface area contributed by atoms with Crippen LogP contribution in [-0.2, 0) is 65.1 Å². The van der Waals surface area contributed by atoms with Gasteiger partial charge in [-0.05, 0) is 24.8 Å². The van der Waals surface area contributed by atoms with Crippen molar-refractivity contribution in [2.75, 3.05) is 51.9 Å². The summed E-state index contributed by atoms with van der Waals surface area (Å²) in [6, 6.07) is 5.54. The molecule has 1 aromatic carbocycles. The van der Waals surface area contributed by atoms with Crippen LogP contribution in [0, 0.1) is 17.8 Å². The summed E-state index contributed by atoms with van der Waals surface area (Å²) in [4.78, 5) is 119. The van der Waals surface area contributed by atoms with Crippen LogP contribution < -0.4 is 27.4 Å². The van der Waals surface area contributed by atoms with E-state index in [2.05, 4.69) is 43.1 Å². The first kappa shape index (κ1) is 55.6. The molecule has 0 saturated heterocycles. The summed E-state index contributed by atoms with van der Waals surface area (Å²) in [5.41, 5.74) is 11.7. The number of primary amides is 1. The molecule has 0 bridgehead atoms. The first-order valence-corrected chi connectivity index (χ1v) is 22.8. The Hall–Kier alpha value is -4.58. The zero-order chi connectivity index (χ0) is 47.8. The molecule has 0 unspecified atom stereocenters. The zero-order valence-electron chi connectivity index (χ0n) is 36.3. The molecule has 2 rings (SSSR count). The lowest BCUT2D eigenvalue weighted by Gasteiger charge is -2.26. The average Bonchev–Trinajstić information content (AvgIpc) is 3.75. The molecule has 0 spiro atoms. The number of amides is 5. The summed E-state index contributed by atoms with van der Waals surface area (Å²) >= 11 is 3.98. The second-order valence-corrected chi connectivity index (χ2v) is 16.9. The lowest BCUT2D eigenvalue weighted by Crippen LogP contribution is -2.50. The number of thiol groups is 1. The Balaban J connectivity index is 2.14. The molecule has 11 N–H and O–H groups in total. The highest BCUT2D eigenvalue weighted by Gasteiger charge is 2.36. The number of ketones is 2. The molecule has 64 heavy (non-hydrogen) atoms. The van der Waals surface area contributed by atoms with Crippen LogP contribution in [0.3, 0.4) is 0 Å². The second kappa shape index (κ2) is 29.1. The summed E-state index contributed by atoms with van der Waals surface area (Å²) in [6.45, 7) is 4.37. The maximum Gasteiger partial charge on any atom is 0.469 e. The lowest BCUT2D eigenvalue weighted by molar-refractivity contribution is -0.138. The minimum absolute atomic E-state index is 0.0226. The molecule has 0 saturated carbocycles. The maximum atomic E-state index is 14.0. The number of imidazole rings is 1. The molecule has 358 valence electrons. The predicted octanol–water partition coefficient (Wildman–Crippen LogP) is -1.08. The van der Waals surface area contributed by atoms with E-state index in [4.69, 9.17) is 30.7 Å². The van der Waals surface area contributed by atoms with Gasteiger partial charge in [-0.3, -0.25) is 38.1 Å². The highest BCUT2D eigenvalue weighted by Crippen LogP contribution is 2.39. The minimum Gasteiger partial charge on any atom is -0.394 e. The van der Waals surface area contributed by atoms with E-state index >= 15 is 0 Å². The fourth-order valence-corrected chi connectivity index (χ4v) is 6.99. The highest BCUT2D eigenvalue weighted by atomic mass is 32.1. The Morgan fingerprint density at radius 3 is 2.16 bits per heavy atom. The number of aliphatic hydroxyl groups excluding tert-OH is 1. The Kier molecular flexibility index (Phi) is 25.2. The number of carbonyl (C=O) groups is 7. The van der Waals surface area contributed by atoms with Gasteiger partial charge < -0.3 is 61.7 Å². The van der Waals surface area contributed by atoms with Crippen LogP contribution in [-0.4, -0.2) is 147 Å². The summed E-state index contributed by atoms with van der Waals surface area (Å²) in [5, 5.41) is 17.8. The molecule has 0 fully saturated rings. The van der Waals surface area contributed by atoms with Crippen molar-refractivity contribution in [3.63, 3.8) is 0 Å². The number of Topliss-reactive ketones (excluding diaryl/α,β-unsaturated/α-hetero) is 2. The number of phosphoric acid groups is 1. The van der Waals surface area contributed by atoms with Gasteiger partial charge in [0.05, 0.1) is 76.0 Å². The van der Waals surface area contributed by atoms with Crippen molar-refractivity contribution in [1.29, 1.82) is 0 Å². The molecule has 1 aromatic heterocycles. The Bertz CT molecular complexity index is 1840. The molecule has 1 heterocycles. The van der Waals surface area contributed by atoms with Crippen LogP contribution in [0.1, 0.15) is 57.8 Å². The number of carbonyl (C=O) groups excluding carboxylic acids is 7. The zero-order valence-corrected chi connectivity index (χ0v) is 38.0. The number of hydrogen-bond donors (Lipinski definition) is 10. The van der Waals surface area contributed by atoms with E-state index in [0.29, 0.717) is 5.82 Å². The summed E-state index contributed by atoms with van der Waals surface area (Å²) in [5.74, 6) is -7.13. The van der Waals surface area contributed by atoms with Crippen LogP contribution in [0.2, 0.25) is 0 Å². The maximum absolute atomic E-state index is 14.0. The third-order valence-electron chi connectivity index (χ3n) is 9.60. The number of H-pyrrole nitrogens is 1. The van der Waals surface area contributed by atoms with Crippen molar-refractivity contribution in [2.45, 2.75) is 83.6 Å². The van der Waals surface area contributed by atoms with Gasteiger partial charge in [0.1, 0.15) is 11.9 Å². The van der Waals surface area contributed by atoms with Crippen LogP contribution in [0.5, 0.6) is 0 Å². The van der Waals surface area contributed by atoms with Gasteiger partial charge in [-0.2, -0.15) is 12.6 Å². The number of rotatable bonds is 33. The van der Waals surface area contributed by atoms with E-state index in [1.165, 1.54) is 17.3 Å². The van der Waals surface area contributed by atoms with Crippen molar-refractivity contribution in [2.24, 2.45) is 29.2 Å². The van der Waals surface area contributed by atoms with Gasteiger partial charge in [0.15, 0.2) is 11.6 Å². The van der Waals surface area contributed by atoms with E-state index in [9.17, 15) is 43.2 Å². The second-order valence-electron chi connectivity index (χ2n) is 15.4. The Labute approximate surface area is 377 Å². The van der Waals surface area contributed by atoms with E-state index in [0.717, 1.165) is 12.5 Å². The summed E-state index contributed by atoms with van der Waals surface area (Å²) in [7, 11) is -5.08. The third-order valence-corrected chi connectivity index (χ3v) is 10.6. The number of aliphatic hydroxyl groups is 1. The minimum atomic E-state index is -5.08. The predicted molar refractivity (Wildman–Crippen MR) is 234 cm³/mol. The van der Waals surface area contributed by atoms with Crippen molar-refractivity contribution >= 4 is 61.6 Å². The molecule has 0 aliphatic heterocycles. The molecule has 0 radical (unpaired) electrons. The molecule has 22 nitrogen and oxygen atoms in total. The smallest absolute Gasteiger partial charge is 0.394 e. The van der Waals surface area contributed by atoms with E-state index < -0.39 is 105 Å². The van der Waals surface area contributed by atoms with Crippen molar-refractivity contribution in [3.05, 3.63) is 54.1 Å². The molecule has 0 aliphatic rings. The van der Waals surface area contributed by atoms with Gasteiger partial charge >= 0.3 is 7.82 Å². The molecule has 6 atom stereocenters.